The van der Waals surface area contributed by atoms with Gasteiger partial charge in [-0.25, -0.2) is 4.79 Å². The second-order valence-corrected chi connectivity index (χ2v) is 6.93. The van der Waals surface area contributed by atoms with Crippen molar-refractivity contribution in [2.75, 3.05) is 19.6 Å². The van der Waals surface area contributed by atoms with Crippen molar-refractivity contribution in [3.05, 3.63) is 66.2 Å². The molecule has 0 unspecified atom stereocenters. The minimum absolute atomic E-state index is 0.107. The molecular weight excluding hydrogens is 358 g/mol. The van der Waals surface area contributed by atoms with Crippen molar-refractivity contribution in [2.24, 2.45) is 0 Å². The van der Waals surface area contributed by atoms with Crippen LogP contribution in [0.4, 0.5) is 4.79 Å². The molecule has 4 rings (SSSR count). The molecule has 28 heavy (non-hydrogen) atoms. The van der Waals surface area contributed by atoms with Gasteiger partial charge in [0.2, 0.25) is 11.8 Å². The van der Waals surface area contributed by atoms with E-state index in [1.807, 2.05) is 36.4 Å². The number of carbonyl (C=O) groups is 3. The van der Waals surface area contributed by atoms with Gasteiger partial charge in [-0.1, -0.05) is 48.5 Å². The molecule has 7 heteroatoms. The zero-order chi connectivity index (χ0) is 19.5. The minimum Gasteiger partial charge on any atom is -0.410 e. The monoisotopic (exact) mass is 379 g/mol. The van der Waals surface area contributed by atoms with Gasteiger partial charge in [-0.15, -0.1) is 0 Å². The highest BCUT2D eigenvalue weighted by Crippen LogP contribution is 2.20. The van der Waals surface area contributed by atoms with Crippen molar-refractivity contribution in [2.45, 2.75) is 18.5 Å². The van der Waals surface area contributed by atoms with E-state index in [9.17, 15) is 14.4 Å². The summed E-state index contributed by atoms with van der Waals surface area (Å²) in [7, 11) is 0. The second kappa shape index (κ2) is 7.72. The summed E-state index contributed by atoms with van der Waals surface area (Å²) in [5, 5.41) is 2.81. The normalized spacial score (nSPS) is 21.7. The molecule has 0 bridgehead atoms. The predicted molar refractivity (Wildman–Crippen MR) is 102 cm³/mol. The molecule has 2 atom stereocenters. The average Bonchev–Trinajstić information content (AvgIpc) is 2.73. The average molecular weight is 379 g/mol. The van der Waals surface area contributed by atoms with E-state index in [-0.39, 0.29) is 18.4 Å². The Balaban J connectivity index is 1.41. The maximum atomic E-state index is 12.9. The number of hydrogen-bond acceptors (Lipinski definition) is 4. The Kier molecular flexibility index (Phi) is 4.97. The quantitative estimate of drug-likeness (QED) is 0.875. The van der Waals surface area contributed by atoms with Crippen molar-refractivity contribution >= 4 is 17.9 Å². The first-order chi connectivity index (χ1) is 13.6. The third-order valence-electron chi connectivity index (χ3n) is 5.07. The summed E-state index contributed by atoms with van der Waals surface area (Å²) in [6.45, 7) is 0.770. The third kappa shape index (κ3) is 3.69. The lowest BCUT2D eigenvalue weighted by Gasteiger charge is -2.44. The van der Waals surface area contributed by atoms with Crippen LogP contribution in [0, 0.1) is 0 Å². The fourth-order valence-electron chi connectivity index (χ4n) is 3.61. The maximum absolute atomic E-state index is 12.9. The molecule has 0 aromatic heterocycles. The first kappa shape index (κ1) is 18.0. The Morgan fingerprint density at radius 2 is 1.68 bits per heavy atom. The van der Waals surface area contributed by atoms with Crippen LogP contribution in [-0.4, -0.2) is 59.4 Å². The molecule has 2 aliphatic rings. The molecule has 0 radical (unpaired) electrons. The Morgan fingerprint density at radius 1 is 1.00 bits per heavy atom. The van der Waals surface area contributed by atoms with E-state index in [1.165, 1.54) is 4.90 Å². The number of carbonyl (C=O) groups excluding carboxylic acids is 3. The van der Waals surface area contributed by atoms with Crippen molar-refractivity contribution in [3.63, 3.8) is 0 Å². The molecule has 2 heterocycles. The van der Waals surface area contributed by atoms with Gasteiger partial charge in [-0.05, 0) is 17.7 Å². The Labute approximate surface area is 162 Å². The van der Waals surface area contributed by atoms with Crippen LogP contribution in [0.5, 0.6) is 5.75 Å². The first-order valence-electron chi connectivity index (χ1n) is 9.28. The lowest BCUT2D eigenvalue weighted by atomic mass is 9.99. The number of nitrogens with one attached hydrogen (secondary N) is 1. The van der Waals surface area contributed by atoms with Gasteiger partial charge in [0.25, 0.3) is 0 Å². The lowest BCUT2D eigenvalue weighted by molar-refractivity contribution is -0.152. The van der Waals surface area contributed by atoms with E-state index in [0.29, 0.717) is 25.3 Å². The summed E-state index contributed by atoms with van der Waals surface area (Å²) in [6.07, 6.45) is -0.0634. The molecule has 2 aromatic carbocycles. The van der Waals surface area contributed by atoms with Crippen molar-refractivity contribution in [1.82, 2.24) is 15.1 Å². The molecule has 2 aliphatic heterocycles. The van der Waals surface area contributed by atoms with E-state index in [4.69, 9.17) is 4.74 Å². The summed E-state index contributed by atoms with van der Waals surface area (Å²) in [5.41, 5.74) is 0.990. The standard InChI is InChI=1S/C21H21N3O4/c25-19-18-14-23(21(27)28-16-9-5-2-6-10-16)11-12-24(18)20(26)17(22-19)13-15-7-3-1-4-8-15/h1-10,17-18H,11-14H2,(H,22,25)/t17-,18-/m1/s1. The summed E-state index contributed by atoms with van der Waals surface area (Å²) in [4.78, 5) is 40.9. The fourth-order valence-corrected chi connectivity index (χ4v) is 3.61. The number of rotatable bonds is 3. The number of nitrogens with zero attached hydrogens (tertiary/aromatic N) is 2. The van der Waals surface area contributed by atoms with E-state index in [1.54, 1.807) is 29.2 Å². The van der Waals surface area contributed by atoms with Crippen LogP contribution in [0.15, 0.2) is 60.7 Å². The predicted octanol–water partition coefficient (Wildman–Crippen LogP) is 1.44. The topological polar surface area (TPSA) is 79.0 Å². The summed E-state index contributed by atoms with van der Waals surface area (Å²) in [6, 6.07) is 17.1. The van der Waals surface area contributed by atoms with Crippen molar-refractivity contribution < 1.29 is 19.1 Å². The number of para-hydroxylation sites is 1. The molecule has 3 amide bonds. The molecule has 0 spiro atoms. The van der Waals surface area contributed by atoms with E-state index < -0.39 is 18.2 Å². The zero-order valence-electron chi connectivity index (χ0n) is 15.3. The maximum Gasteiger partial charge on any atom is 0.415 e. The molecule has 7 nitrogen and oxygen atoms in total. The Hall–Kier alpha value is -3.35. The van der Waals surface area contributed by atoms with Crippen LogP contribution >= 0.6 is 0 Å². The van der Waals surface area contributed by atoms with Gasteiger partial charge in [0.15, 0.2) is 0 Å². The molecule has 1 N–H and O–H groups in total. The highest BCUT2D eigenvalue weighted by molar-refractivity contribution is 5.97. The number of ether oxygens (including phenoxy) is 1. The van der Waals surface area contributed by atoms with E-state index >= 15 is 0 Å². The molecular formula is C21H21N3O4. The van der Waals surface area contributed by atoms with Crippen LogP contribution in [-0.2, 0) is 16.0 Å². The second-order valence-electron chi connectivity index (χ2n) is 6.93. The van der Waals surface area contributed by atoms with Gasteiger partial charge in [0.05, 0.1) is 6.54 Å². The number of amides is 3. The number of hydrogen-bond donors (Lipinski definition) is 1. The van der Waals surface area contributed by atoms with E-state index in [0.717, 1.165) is 5.56 Å². The third-order valence-corrected chi connectivity index (χ3v) is 5.07. The van der Waals surface area contributed by atoms with Crippen molar-refractivity contribution in [3.8, 4) is 5.75 Å². The number of benzene rings is 2. The zero-order valence-corrected chi connectivity index (χ0v) is 15.3. The van der Waals surface area contributed by atoms with Crippen LogP contribution in [0.25, 0.3) is 0 Å². The van der Waals surface area contributed by atoms with Crippen LogP contribution < -0.4 is 10.1 Å². The van der Waals surface area contributed by atoms with Gasteiger partial charge >= 0.3 is 6.09 Å². The first-order valence-corrected chi connectivity index (χ1v) is 9.28. The number of piperazine rings is 2. The van der Waals surface area contributed by atoms with Crippen LogP contribution in [0.2, 0.25) is 0 Å². The molecule has 2 aromatic rings. The summed E-state index contributed by atoms with van der Waals surface area (Å²) < 4.78 is 5.35. The molecule has 0 aliphatic carbocycles. The van der Waals surface area contributed by atoms with E-state index in [2.05, 4.69) is 5.32 Å². The Bertz CT molecular complexity index is 872. The summed E-state index contributed by atoms with van der Waals surface area (Å²) >= 11 is 0. The van der Waals surface area contributed by atoms with Crippen molar-refractivity contribution in [1.29, 1.82) is 0 Å². The lowest BCUT2D eigenvalue weighted by Crippen LogP contribution is -2.70. The van der Waals surface area contributed by atoms with Gasteiger partial charge in [-0.2, -0.15) is 0 Å². The van der Waals surface area contributed by atoms with Crippen LogP contribution in [0.1, 0.15) is 5.56 Å². The number of fused-ring (bicyclic) bond motifs is 1. The van der Waals surface area contributed by atoms with Gasteiger partial charge in [-0.3, -0.25) is 9.59 Å². The van der Waals surface area contributed by atoms with Gasteiger partial charge < -0.3 is 19.9 Å². The molecule has 0 saturated carbocycles. The molecule has 144 valence electrons. The largest absolute Gasteiger partial charge is 0.415 e. The molecule has 2 saturated heterocycles. The fraction of sp³-hybridized carbons (Fsp3) is 0.286. The summed E-state index contributed by atoms with van der Waals surface area (Å²) in [5.74, 6) is 0.101. The smallest absolute Gasteiger partial charge is 0.410 e. The Morgan fingerprint density at radius 3 is 2.39 bits per heavy atom. The minimum atomic E-state index is -0.684. The SMILES string of the molecule is O=C1N[C@H](Cc2ccccc2)C(=O)N2CCN(C(=O)Oc3ccccc3)C[C@H]12. The molecule has 2 fully saturated rings. The highest BCUT2D eigenvalue weighted by Gasteiger charge is 2.44. The highest BCUT2D eigenvalue weighted by atomic mass is 16.6. The van der Waals surface area contributed by atoms with Crippen LogP contribution in [0.3, 0.4) is 0 Å². The van der Waals surface area contributed by atoms with Gasteiger partial charge in [0.1, 0.15) is 17.8 Å². The van der Waals surface area contributed by atoms with Gasteiger partial charge in [0, 0.05) is 19.5 Å².